The van der Waals surface area contributed by atoms with E-state index in [0.29, 0.717) is 12.4 Å². The molecule has 0 bridgehead atoms. The zero-order valence-electron chi connectivity index (χ0n) is 11.4. The molecule has 0 saturated carbocycles. The van der Waals surface area contributed by atoms with Crippen LogP contribution in [0, 0.1) is 5.82 Å². The molecule has 2 rings (SSSR count). The molecular weight excluding hydrogens is 325 g/mol. The second-order valence-electron chi connectivity index (χ2n) is 4.34. The molecule has 0 fully saturated rings. The number of nitrogens with zero attached hydrogens (tertiary/aromatic N) is 1. The van der Waals surface area contributed by atoms with E-state index in [0.717, 1.165) is 11.1 Å². The molecule has 0 aromatic heterocycles. The minimum atomic E-state index is -0.445. The molecule has 0 saturated heterocycles. The molecule has 0 amide bonds. The maximum absolute atomic E-state index is 13.1. The van der Waals surface area contributed by atoms with Crippen LogP contribution >= 0.6 is 23.8 Å². The Bertz CT molecular complexity index is 692. The van der Waals surface area contributed by atoms with Crippen LogP contribution in [0.15, 0.2) is 47.6 Å². The first-order valence-corrected chi connectivity index (χ1v) is 7.08. The van der Waals surface area contributed by atoms with Gasteiger partial charge in [-0.05, 0) is 59.7 Å². The van der Waals surface area contributed by atoms with Crippen molar-refractivity contribution in [2.45, 2.75) is 6.61 Å². The maximum atomic E-state index is 13.1. The molecule has 0 aliphatic rings. The van der Waals surface area contributed by atoms with Gasteiger partial charge in [0.2, 0.25) is 0 Å². The van der Waals surface area contributed by atoms with Gasteiger partial charge in [-0.15, -0.1) is 0 Å². The van der Waals surface area contributed by atoms with Gasteiger partial charge in [0, 0.05) is 0 Å². The molecule has 0 atom stereocenters. The van der Waals surface area contributed by atoms with E-state index < -0.39 is 5.82 Å². The summed E-state index contributed by atoms with van der Waals surface area (Å²) < 4.78 is 18.7. The van der Waals surface area contributed by atoms with Gasteiger partial charge >= 0.3 is 0 Å². The highest BCUT2D eigenvalue weighted by Crippen LogP contribution is 2.18. The normalized spacial score (nSPS) is 10.6. The second kappa shape index (κ2) is 7.72. The lowest BCUT2D eigenvalue weighted by molar-refractivity contribution is 0.306. The van der Waals surface area contributed by atoms with Gasteiger partial charge in [-0.3, -0.25) is 5.43 Å². The van der Waals surface area contributed by atoms with Crippen LogP contribution in [0.1, 0.15) is 11.1 Å². The van der Waals surface area contributed by atoms with Gasteiger partial charge < -0.3 is 10.5 Å². The SMILES string of the molecule is NC(=S)NN=Cc1ccc(OCc2ccc(F)c(Cl)c2)cc1. The average molecular weight is 338 g/mol. The van der Waals surface area contributed by atoms with Crippen molar-refractivity contribution in [1.29, 1.82) is 0 Å². The van der Waals surface area contributed by atoms with Crippen LogP contribution in [0.2, 0.25) is 5.02 Å². The zero-order chi connectivity index (χ0) is 15.9. The summed E-state index contributed by atoms with van der Waals surface area (Å²) in [6.07, 6.45) is 1.59. The van der Waals surface area contributed by atoms with Crippen molar-refractivity contribution in [3.8, 4) is 5.75 Å². The summed E-state index contributed by atoms with van der Waals surface area (Å²) in [5.74, 6) is 0.236. The summed E-state index contributed by atoms with van der Waals surface area (Å²) in [6, 6.07) is 11.7. The smallest absolute Gasteiger partial charge is 0.184 e. The Morgan fingerprint density at radius 3 is 2.68 bits per heavy atom. The van der Waals surface area contributed by atoms with E-state index in [1.165, 1.54) is 6.07 Å². The van der Waals surface area contributed by atoms with E-state index in [1.54, 1.807) is 30.5 Å². The van der Waals surface area contributed by atoms with Crippen LogP contribution in [0.3, 0.4) is 0 Å². The largest absolute Gasteiger partial charge is 0.489 e. The number of hydrogen-bond donors (Lipinski definition) is 2. The van der Waals surface area contributed by atoms with E-state index >= 15 is 0 Å². The molecule has 22 heavy (non-hydrogen) atoms. The molecule has 0 unspecified atom stereocenters. The summed E-state index contributed by atoms with van der Waals surface area (Å²) in [5, 5.41) is 4.04. The predicted molar refractivity (Wildman–Crippen MR) is 89.7 cm³/mol. The van der Waals surface area contributed by atoms with Gasteiger partial charge in [0.1, 0.15) is 18.2 Å². The molecule has 114 valence electrons. The van der Waals surface area contributed by atoms with E-state index in [1.807, 2.05) is 12.1 Å². The number of rotatable bonds is 5. The standard InChI is InChI=1S/C15H13ClFN3OS/c16-13-7-11(3-6-14(13)17)9-21-12-4-1-10(2-5-12)8-19-20-15(18)22/h1-8H,9H2,(H3,18,20,22). The summed E-state index contributed by atoms with van der Waals surface area (Å²) in [7, 11) is 0. The fourth-order valence-corrected chi connectivity index (χ4v) is 1.87. The van der Waals surface area contributed by atoms with Crippen molar-refractivity contribution in [1.82, 2.24) is 5.43 Å². The van der Waals surface area contributed by atoms with Crippen LogP contribution in [-0.2, 0) is 6.61 Å². The predicted octanol–water partition coefficient (Wildman–Crippen LogP) is 3.23. The first-order valence-electron chi connectivity index (χ1n) is 6.30. The number of halogens is 2. The van der Waals surface area contributed by atoms with Gasteiger partial charge in [-0.1, -0.05) is 17.7 Å². The lowest BCUT2D eigenvalue weighted by Crippen LogP contribution is -2.23. The Labute approximate surface area is 137 Å². The molecule has 0 spiro atoms. The van der Waals surface area contributed by atoms with Crippen LogP contribution in [-0.4, -0.2) is 11.3 Å². The molecule has 4 nitrogen and oxygen atoms in total. The third-order valence-corrected chi connectivity index (χ3v) is 3.04. The van der Waals surface area contributed by atoms with E-state index in [-0.39, 0.29) is 10.1 Å². The highest BCUT2D eigenvalue weighted by atomic mass is 35.5. The molecule has 0 radical (unpaired) electrons. The highest BCUT2D eigenvalue weighted by Gasteiger charge is 2.02. The lowest BCUT2D eigenvalue weighted by atomic mass is 10.2. The number of nitrogens with two attached hydrogens (primary N) is 1. The fourth-order valence-electron chi connectivity index (χ4n) is 1.62. The molecule has 3 N–H and O–H groups in total. The zero-order valence-corrected chi connectivity index (χ0v) is 13.0. The first-order chi connectivity index (χ1) is 10.5. The summed E-state index contributed by atoms with van der Waals surface area (Å²) >= 11 is 10.3. The third kappa shape index (κ3) is 4.98. The number of nitrogens with one attached hydrogen (secondary N) is 1. The minimum Gasteiger partial charge on any atom is -0.489 e. The number of hydrazone groups is 1. The van der Waals surface area contributed by atoms with Crippen molar-refractivity contribution < 1.29 is 9.13 Å². The Morgan fingerprint density at radius 2 is 2.05 bits per heavy atom. The van der Waals surface area contributed by atoms with Gasteiger partial charge in [0.15, 0.2) is 5.11 Å². The third-order valence-electron chi connectivity index (χ3n) is 2.66. The topological polar surface area (TPSA) is 59.6 Å². The number of ether oxygens (including phenoxy) is 1. The highest BCUT2D eigenvalue weighted by molar-refractivity contribution is 7.80. The van der Waals surface area contributed by atoms with Crippen molar-refractivity contribution in [2.24, 2.45) is 10.8 Å². The summed E-state index contributed by atoms with van der Waals surface area (Å²) in [4.78, 5) is 0. The Morgan fingerprint density at radius 1 is 1.32 bits per heavy atom. The second-order valence-corrected chi connectivity index (χ2v) is 5.19. The van der Waals surface area contributed by atoms with Crippen LogP contribution in [0.4, 0.5) is 4.39 Å². The molecule has 7 heteroatoms. The Hall–Kier alpha value is -2.18. The summed E-state index contributed by atoms with van der Waals surface area (Å²) in [5.41, 5.74) is 9.37. The average Bonchev–Trinajstić information content (AvgIpc) is 2.49. The lowest BCUT2D eigenvalue weighted by Gasteiger charge is -2.07. The fraction of sp³-hybridized carbons (Fsp3) is 0.0667. The number of benzene rings is 2. The Kier molecular flexibility index (Phi) is 5.68. The van der Waals surface area contributed by atoms with Gasteiger partial charge in [-0.2, -0.15) is 5.10 Å². The van der Waals surface area contributed by atoms with Crippen LogP contribution < -0.4 is 15.9 Å². The molecule has 2 aromatic rings. The monoisotopic (exact) mass is 337 g/mol. The molecular formula is C15H13ClFN3OS. The summed E-state index contributed by atoms with van der Waals surface area (Å²) in [6.45, 7) is 0.302. The Balaban J connectivity index is 1.92. The molecule has 0 heterocycles. The van der Waals surface area contributed by atoms with Gasteiger partial charge in [-0.25, -0.2) is 4.39 Å². The quantitative estimate of drug-likeness (QED) is 0.499. The number of hydrogen-bond acceptors (Lipinski definition) is 3. The molecule has 0 aliphatic carbocycles. The van der Waals surface area contributed by atoms with Crippen LogP contribution in [0.25, 0.3) is 0 Å². The van der Waals surface area contributed by atoms with Gasteiger partial charge in [0.25, 0.3) is 0 Å². The molecule has 2 aromatic carbocycles. The number of thiocarbonyl (C=S) groups is 1. The van der Waals surface area contributed by atoms with Crippen molar-refractivity contribution in [2.75, 3.05) is 0 Å². The molecule has 0 aliphatic heterocycles. The van der Waals surface area contributed by atoms with E-state index in [2.05, 4.69) is 22.7 Å². The van der Waals surface area contributed by atoms with Crippen LogP contribution in [0.5, 0.6) is 5.75 Å². The van der Waals surface area contributed by atoms with Gasteiger partial charge in [0.05, 0.1) is 11.2 Å². The van der Waals surface area contributed by atoms with Crippen molar-refractivity contribution >= 4 is 35.1 Å². The minimum absolute atomic E-state index is 0.0815. The van der Waals surface area contributed by atoms with Crippen molar-refractivity contribution in [3.05, 3.63) is 64.4 Å². The van der Waals surface area contributed by atoms with E-state index in [4.69, 9.17) is 22.1 Å². The van der Waals surface area contributed by atoms with Crippen molar-refractivity contribution in [3.63, 3.8) is 0 Å². The first kappa shape index (κ1) is 16.2. The maximum Gasteiger partial charge on any atom is 0.184 e. The van der Waals surface area contributed by atoms with E-state index in [9.17, 15) is 4.39 Å².